The maximum atomic E-state index is 13.2. The van der Waals surface area contributed by atoms with Crippen molar-refractivity contribution in [2.45, 2.75) is 40.7 Å². The van der Waals surface area contributed by atoms with Crippen LogP contribution in [0, 0.1) is 13.8 Å². The third-order valence-electron chi connectivity index (χ3n) is 5.48. The fourth-order valence-electron chi connectivity index (χ4n) is 3.64. The van der Waals surface area contributed by atoms with E-state index in [0.717, 1.165) is 28.3 Å². The van der Waals surface area contributed by atoms with Crippen molar-refractivity contribution in [3.05, 3.63) is 51.9 Å². The normalized spacial score (nSPS) is 11.2. The molecule has 1 amide bonds. The third-order valence-corrected chi connectivity index (χ3v) is 6.67. The smallest absolute Gasteiger partial charge is 0.348 e. The van der Waals surface area contributed by atoms with Gasteiger partial charge in [0.05, 0.1) is 30.2 Å². The number of aromatic nitrogens is 5. The van der Waals surface area contributed by atoms with Crippen molar-refractivity contribution in [1.29, 1.82) is 0 Å². The van der Waals surface area contributed by atoms with Crippen LogP contribution in [0.4, 0.5) is 5.00 Å². The van der Waals surface area contributed by atoms with Crippen LogP contribution >= 0.6 is 11.3 Å². The van der Waals surface area contributed by atoms with E-state index in [4.69, 9.17) is 9.47 Å². The minimum atomic E-state index is -0.643. The number of carbonyl (C=O) groups is 3. The Kier molecular flexibility index (Phi) is 6.88. The highest BCUT2D eigenvalue weighted by Gasteiger charge is 2.28. The van der Waals surface area contributed by atoms with Gasteiger partial charge in [-0.3, -0.25) is 9.48 Å². The minimum absolute atomic E-state index is 0.0865. The highest BCUT2D eigenvalue weighted by Crippen LogP contribution is 2.35. The Labute approximate surface area is 211 Å². The van der Waals surface area contributed by atoms with Crippen molar-refractivity contribution in [3.63, 3.8) is 0 Å². The van der Waals surface area contributed by atoms with Gasteiger partial charge in [0.2, 0.25) is 0 Å². The monoisotopic (exact) mass is 510 g/mol. The number of nitrogens with one attached hydrogen (secondary N) is 1. The van der Waals surface area contributed by atoms with Crippen LogP contribution in [0.2, 0.25) is 0 Å². The van der Waals surface area contributed by atoms with Crippen molar-refractivity contribution in [1.82, 2.24) is 24.4 Å². The summed E-state index contributed by atoms with van der Waals surface area (Å²) in [5.74, 6) is -1.78. The van der Waals surface area contributed by atoms with Crippen LogP contribution in [0.5, 0.6) is 0 Å². The van der Waals surface area contributed by atoms with Gasteiger partial charge in [0.15, 0.2) is 11.3 Å². The Hall–Kier alpha value is -4.06. The van der Waals surface area contributed by atoms with Gasteiger partial charge in [-0.05, 0) is 46.2 Å². The van der Waals surface area contributed by atoms with Gasteiger partial charge in [0.1, 0.15) is 9.88 Å². The Morgan fingerprint density at radius 2 is 1.94 bits per heavy atom. The molecule has 0 spiro atoms. The second-order valence-corrected chi connectivity index (χ2v) is 9.31. The summed E-state index contributed by atoms with van der Waals surface area (Å²) in [4.78, 5) is 43.0. The highest BCUT2D eigenvalue weighted by molar-refractivity contribution is 7.18. The zero-order chi connectivity index (χ0) is 26.1. The first-order chi connectivity index (χ1) is 17.1. The summed E-state index contributed by atoms with van der Waals surface area (Å²) >= 11 is 0.956. The number of esters is 2. The van der Waals surface area contributed by atoms with Gasteiger partial charge in [0.25, 0.3) is 5.91 Å². The summed E-state index contributed by atoms with van der Waals surface area (Å²) in [6.45, 7) is 8.86. The van der Waals surface area contributed by atoms with Gasteiger partial charge in [-0.15, -0.1) is 11.3 Å². The van der Waals surface area contributed by atoms with E-state index >= 15 is 0 Å². The molecule has 36 heavy (non-hydrogen) atoms. The summed E-state index contributed by atoms with van der Waals surface area (Å²) in [5, 5.41) is 11.6. The number of hydrogen-bond donors (Lipinski definition) is 1. The molecular formula is C24H26N6O5S. The lowest BCUT2D eigenvalue weighted by atomic mass is 10.1. The van der Waals surface area contributed by atoms with Gasteiger partial charge < -0.3 is 14.8 Å². The molecule has 0 fully saturated rings. The molecule has 4 heterocycles. The lowest BCUT2D eigenvalue weighted by molar-refractivity contribution is 0.0379. The number of thiophene rings is 1. The predicted octanol–water partition coefficient (Wildman–Crippen LogP) is 3.80. The molecule has 12 heteroatoms. The Morgan fingerprint density at radius 3 is 2.58 bits per heavy atom. The van der Waals surface area contributed by atoms with Crippen LogP contribution < -0.4 is 5.32 Å². The number of hydrogen-bond acceptors (Lipinski definition) is 9. The molecule has 11 nitrogen and oxygen atoms in total. The number of carbonyl (C=O) groups excluding carboxylic acids is 3. The van der Waals surface area contributed by atoms with E-state index < -0.39 is 17.8 Å². The molecule has 0 unspecified atom stereocenters. The second kappa shape index (κ2) is 9.90. The molecule has 0 saturated carbocycles. The summed E-state index contributed by atoms with van der Waals surface area (Å²) in [5.41, 5.74) is 3.55. The fourth-order valence-corrected chi connectivity index (χ4v) is 4.72. The molecule has 188 valence electrons. The largest absolute Gasteiger partial charge is 0.462 e. The van der Waals surface area contributed by atoms with Crippen LogP contribution in [0.1, 0.15) is 62.5 Å². The highest BCUT2D eigenvalue weighted by atomic mass is 32.1. The van der Waals surface area contributed by atoms with E-state index in [9.17, 15) is 14.4 Å². The van der Waals surface area contributed by atoms with Crippen molar-refractivity contribution in [2.75, 3.05) is 11.9 Å². The molecule has 0 aromatic carbocycles. The van der Waals surface area contributed by atoms with E-state index in [0.29, 0.717) is 11.2 Å². The van der Waals surface area contributed by atoms with Crippen LogP contribution in [-0.4, -0.2) is 54.9 Å². The van der Waals surface area contributed by atoms with Gasteiger partial charge in [-0.1, -0.05) is 0 Å². The van der Waals surface area contributed by atoms with Crippen molar-refractivity contribution < 1.29 is 23.9 Å². The first kappa shape index (κ1) is 25.0. The predicted molar refractivity (Wildman–Crippen MR) is 133 cm³/mol. The van der Waals surface area contributed by atoms with Crippen molar-refractivity contribution in [2.24, 2.45) is 7.05 Å². The van der Waals surface area contributed by atoms with E-state index in [1.54, 1.807) is 61.4 Å². The first-order valence-corrected chi connectivity index (χ1v) is 12.1. The third kappa shape index (κ3) is 4.59. The lowest BCUT2D eigenvalue weighted by Gasteiger charge is -2.10. The summed E-state index contributed by atoms with van der Waals surface area (Å²) in [6.07, 6.45) is 2.98. The average Bonchev–Trinajstić information content (AvgIpc) is 3.49. The van der Waals surface area contributed by atoms with Crippen LogP contribution in [0.25, 0.3) is 16.9 Å². The Bertz CT molecular complexity index is 1480. The lowest BCUT2D eigenvalue weighted by Crippen LogP contribution is -2.17. The molecule has 4 aromatic heterocycles. The van der Waals surface area contributed by atoms with Crippen molar-refractivity contribution in [3.8, 4) is 11.3 Å². The molecule has 0 bridgehead atoms. The maximum absolute atomic E-state index is 13.2. The van der Waals surface area contributed by atoms with Crippen LogP contribution in [0.15, 0.2) is 24.5 Å². The SMILES string of the molecule is CCOC(=O)c1sc(NC(=O)c2cc3nccc(-c4cnn(C)c4C)n3n2)c(C(=O)OC(C)C)c1C. The van der Waals surface area contributed by atoms with Gasteiger partial charge in [0, 0.05) is 30.6 Å². The van der Waals surface area contributed by atoms with E-state index in [2.05, 4.69) is 20.5 Å². The first-order valence-electron chi connectivity index (χ1n) is 11.3. The van der Waals surface area contributed by atoms with Crippen LogP contribution in [-0.2, 0) is 16.5 Å². The molecule has 0 atom stereocenters. The standard InChI is InChI=1S/C24H26N6O5S/c1-7-34-24(33)20-13(4)19(23(32)35-12(2)3)22(36-20)27-21(31)16-10-18-25-9-8-17(30(18)28-16)15-11-26-29(6)14(15)5/h8-12H,7H2,1-6H3,(H,27,31). The summed E-state index contributed by atoms with van der Waals surface area (Å²) < 4.78 is 13.8. The number of ether oxygens (including phenoxy) is 2. The zero-order valence-electron chi connectivity index (χ0n) is 20.8. The minimum Gasteiger partial charge on any atom is -0.462 e. The van der Waals surface area contributed by atoms with E-state index in [1.807, 2.05) is 14.0 Å². The second-order valence-electron chi connectivity index (χ2n) is 8.29. The summed E-state index contributed by atoms with van der Waals surface area (Å²) in [7, 11) is 1.84. The number of rotatable bonds is 7. The van der Waals surface area contributed by atoms with Gasteiger partial charge in [-0.25, -0.2) is 19.1 Å². The molecule has 0 aliphatic carbocycles. The fraction of sp³-hybridized carbons (Fsp3) is 0.333. The van der Waals surface area contributed by atoms with E-state index in [1.165, 1.54) is 0 Å². The molecule has 1 N–H and O–H groups in total. The number of aryl methyl sites for hydroxylation is 1. The average molecular weight is 511 g/mol. The topological polar surface area (TPSA) is 130 Å². The summed E-state index contributed by atoms with van der Waals surface area (Å²) in [6, 6.07) is 3.34. The van der Waals surface area contributed by atoms with Gasteiger partial charge >= 0.3 is 11.9 Å². The molecule has 0 radical (unpaired) electrons. The number of nitrogens with zero attached hydrogens (tertiary/aromatic N) is 5. The molecule has 0 aliphatic heterocycles. The number of anilines is 1. The quantitative estimate of drug-likeness (QED) is 0.372. The van der Waals surface area contributed by atoms with Crippen LogP contribution in [0.3, 0.4) is 0 Å². The Balaban J connectivity index is 1.72. The Morgan fingerprint density at radius 1 is 1.19 bits per heavy atom. The zero-order valence-corrected chi connectivity index (χ0v) is 21.6. The van der Waals surface area contributed by atoms with Crippen molar-refractivity contribution >= 4 is 39.8 Å². The number of fused-ring (bicyclic) bond motifs is 1. The molecule has 4 aromatic rings. The maximum Gasteiger partial charge on any atom is 0.348 e. The number of amides is 1. The molecule has 0 saturated heterocycles. The molecular weight excluding hydrogens is 484 g/mol. The van der Waals surface area contributed by atoms with Gasteiger partial charge in [-0.2, -0.15) is 10.2 Å². The van der Waals surface area contributed by atoms with E-state index in [-0.39, 0.29) is 33.8 Å². The molecule has 4 rings (SSSR count). The molecule has 0 aliphatic rings.